The van der Waals surface area contributed by atoms with Crippen molar-refractivity contribution in [1.82, 2.24) is 0 Å². The van der Waals surface area contributed by atoms with Crippen LogP contribution in [0.1, 0.15) is 86.0 Å². The van der Waals surface area contributed by atoms with E-state index in [2.05, 4.69) is 19.9 Å². The summed E-state index contributed by atoms with van der Waals surface area (Å²) in [7, 11) is 0. The van der Waals surface area contributed by atoms with E-state index < -0.39 is 23.2 Å². The summed E-state index contributed by atoms with van der Waals surface area (Å²) in [4.78, 5) is 48.6. The quantitative estimate of drug-likeness (QED) is 0.323. The molecule has 0 N–H and O–H groups in total. The van der Waals surface area contributed by atoms with Gasteiger partial charge in [0.1, 0.15) is 23.9 Å². The van der Waals surface area contributed by atoms with Crippen molar-refractivity contribution < 1.29 is 38.1 Å². The molecule has 3 saturated carbocycles. The zero-order chi connectivity index (χ0) is 26.0. The monoisotopic (exact) mass is 502 g/mol. The Labute approximate surface area is 212 Å². The highest BCUT2D eigenvalue weighted by Crippen LogP contribution is 2.70. The Hall–Kier alpha value is -2.38. The van der Waals surface area contributed by atoms with E-state index in [4.69, 9.17) is 18.9 Å². The molecule has 8 heteroatoms. The standard InChI is InChI=1S/C28H38O8/c1-15(29)33-19-6-9-26(4)18(12-19)13-21(34-16(2)30)24-20-7-10-28(11-8-23(32)36-28)27(20,5)14-22(25(24)26)35-17(3)31/h13,19-22,24-25H,6-12,14H2,1-5H3/t19-,20?,21-,22+,24?,25?,26-,27-,28?/m0/s1. The largest absolute Gasteiger partial charge is 0.462 e. The zero-order valence-electron chi connectivity index (χ0n) is 22.0. The van der Waals surface area contributed by atoms with Crippen LogP contribution in [0.15, 0.2) is 11.6 Å². The van der Waals surface area contributed by atoms with E-state index >= 15 is 0 Å². The smallest absolute Gasteiger partial charge is 0.306 e. The molecular formula is C28H38O8. The Balaban J connectivity index is 1.61. The van der Waals surface area contributed by atoms with Gasteiger partial charge in [0.05, 0.1) is 0 Å². The van der Waals surface area contributed by atoms with Gasteiger partial charge in [-0.15, -0.1) is 0 Å². The van der Waals surface area contributed by atoms with Crippen molar-refractivity contribution >= 4 is 23.9 Å². The van der Waals surface area contributed by atoms with Crippen LogP contribution in [0.2, 0.25) is 0 Å². The molecule has 4 fully saturated rings. The molecule has 4 aliphatic carbocycles. The lowest BCUT2D eigenvalue weighted by Gasteiger charge is -2.62. The molecule has 36 heavy (non-hydrogen) atoms. The van der Waals surface area contributed by atoms with Crippen molar-refractivity contribution in [1.29, 1.82) is 0 Å². The molecule has 5 aliphatic rings. The second-order valence-electron chi connectivity index (χ2n) is 12.1. The minimum absolute atomic E-state index is 0.0608. The van der Waals surface area contributed by atoms with E-state index in [9.17, 15) is 19.2 Å². The number of carbonyl (C=O) groups is 4. The van der Waals surface area contributed by atoms with Gasteiger partial charge in [0, 0.05) is 50.9 Å². The summed E-state index contributed by atoms with van der Waals surface area (Å²) in [5.74, 6) is -1.16. The van der Waals surface area contributed by atoms with Crippen molar-refractivity contribution in [3.8, 4) is 0 Å². The van der Waals surface area contributed by atoms with Gasteiger partial charge in [0.2, 0.25) is 0 Å². The van der Waals surface area contributed by atoms with Crippen molar-refractivity contribution in [2.24, 2.45) is 28.6 Å². The first kappa shape index (κ1) is 25.3. The van der Waals surface area contributed by atoms with E-state index in [0.717, 1.165) is 31.3 Å². The van der Waals surface area contributed by atoms with Crippen molar-refractivity contribution in [3.05, 3.63) is 11.6 Å². The lowest BCUT2D eigenvalue weighted by atomic mass is 9.45. The summed E-state index contributed by atoms with van der Waals surface area (Å²) in [5.41, 5.74) is -0.151. The van der Waals surface area contributed by atoms with Gasteiger partial charge >= 0.3 is 23.9 Å². The molecule has 1 heterocycles. The average molecular weight is 503 g/mol. The molecule has 5 rings (SSSR count). The number of esters is 4. The van der Waals surface area contributed by atoms with Gasteiger partial charge in [-0.3, -0.25) is 19.2 Å². The van der Waals surface area contributed by atoms with E-state index in [0.29, 0.717) is 25.7 Å². The molecular weight excluding hydrogens is 464 g/mol. The van der Waals surface area contributed by atoms with Crippen LogP contribution >= 0.6 is 0 Å². The third-order valence-corrected chi connectivity index (χ3v) is 10.3. The van der Waals surface area contributed by atoms with Gasteiger partial charge in [-0.05, 0) is 55.9 Å². The molecule has 1 saturated heterocycles. The minimum atomic E-state index is -0.573. The Bertz CT molecular complexity index is 1020. The van der Waals surface area contributed by atoms with Crippen LogP contribution in [0.4, 0.5) is 0 Å². The molecule has 4 unspecified atom stereocenters. The van der Waals surface area contributed by atoms with Gasteiger partial charge < -0.3 is 18.9 Å². The van der Waals surface area contributed by atoms with Crippen LogP contribution in [0.5, 0.6) is 0 Å². The van der Waals surface area contributed by atoms with Crippen molar-refractivity contribution in [3.63, 3.8) is 0 Å². The Morgan fingerprint density at radius 2 is 1.64 bits per heavy atom. The molecule has 1 aliphatic heterocycles. The maximum absolute atomic E-state index is 12.4. The first-order valence-corrected chi connectivity index (χ1v) is 13.3. The zero-order valence-corrected chi connectivity index (χ0v) is 22.0. The third kappa shape index (κ3) is 3.77. The number of rotatable bonds is 3. The highest BCUT2D eigenvalue weighted by molar-refractivity contribution is 5.72. The SMILES string of the molecule is CC(=O)O[C@H]1CC[C@@]2(C)C(=C[C@H](OC(C)=O)C3C2[C@H](OC(C)=O)C[C@@]2(C)C3CCC23CCC(=O)O3)C1. The molecule has 0 radical (unpaired) electrons. The van der Waals surface area contributed by atoms with Gasteiger partial charge in [-0.1, -0.05) is 19.4 Å². The molecule has 0 aromatic rings. The number of carbonyl (C=O) groups excluding carboxylic acids is 4. The lowest BCUT2D eigenvalue weighted by Crippen LogP contribution is -2.63. The van der Waals surface area contributed by atoms with Crippen LogP contribution in [-0.2, 0) is 38.1 Å². The summed E-state index contributed by atoms with van der Waals surface area (Å²) >= 11 is 0. The average Bonchev–Trinajstić information content (AvgIpc) is 3.27. The molecule has 1 spiro atoms. The maximum atomic E-state index is 12.4. The fourth-order valence-electron chi connectivity index (χ4n) is 8.92. The van der Waals surface area contributed by atoms with Gasteiger partial charge in [-0.2, -0.15) is 0 Å². The number of hydrogen-bond acceptors (Lipinski definition) is 8. The minimum Gasteiger partial charge on any atom is -0.462 e. The van der Waals surface area contributed by atoms with E-state index in [-0.39, 0.29) is 53.1 Å². The van der Waals surface area contributed by atoms with Crippen LogP contribution in [0.3, 0.4) is 0 Å². The molecule has 0 bridgehead atoms. The van der Waals surface area contributed by atoms with Crippen LogP contribution in [0.25, 0.3) is 0 Å². The molecule has 0 aromatic carbocycles. The predicted molar refractivity (Wildman–Crippen MR) is 127 cm³/mol. The van der Waals surface area contributed by atoms with Crippen LogP contribution in [0, 0.1) is 28.6 Å². The van der Waals surface area contributed by atoms with Gasteiger partial charge in [-0.25, -0.2) is 0 Å². The molecule has 8 nitrogen and oxygen atoms in total. The van der Waals surface area contributed by atoms with E-state index in [1.807, 2.05) is 0 Å². The molecule has 198 valence electrons. The number of hydrogen-bond donors (Lipinski definition) is 0. The fourth-order valence-corrected chi connectivity index (χ4v) is 8.92. The van der Waals surface area contributed by atoms with E-state index in [1.165, 1.54) is 20.8 Å². The summed E-state index contributed by atoms with van der Waals surface area (Å²) in [6, 6.07) is 0. The van der Waals surface area contributed by atoms with Gasteiger partial charge in [0.25, 0.3) is 0 Å². The first-order chi connectivity index (χ1) is 16.9. The summed E-state index contributed by atoms with van der Waals surface area (Å²) in [6.07, 6.45) is 6.38. The first-order valence-electron chi connectivity index (χ1n) is 13.3. The molecule has 9 atom stereocenters. The van der Waals surface area contributed by atoms with Crippen molar-refractivity contribution in [2.45, 2.75) is 110 Å². The van der Waals surface area contributed by atoms with Crippen LogP contribution < -0.4 is 0 Å². The Morgan fingerprint density at radius 3 is 2.25 bits per heavy atom. The van der Waals surface area contributed by atoms with E-state index in [1.54, 1.807) is 0 Å². The summed E-state index contributed by atoms with van der Waals surface area (Å²) in [5, 5.41) is 0. The third-order valence-electron chi connectivity index (χ3n) is 10.3. The highest BCUT2D eigenvalue weighted by Gasteiger charge is 2.71. The molecule has 0 aromatic heterocycles. The second kappa shape index (κ2) is 8.59. The number of fused-ring (bicyclic) bond motifs is 6. The summed E-state index contributed by atoms with van der Waals surface area (Å²) in [6.45, 7) is 8.69. The lowest BCUT2D eigenvalue weighted by molar-refractivity contribution is -0.209. The topological polar surface area (TPSA) is 105 Å². The Morgan fingerprint density at radius 1 is 0.944 bits per heavy atom. The normalized spacial score (nSPS) is 45.0. The highest BCUT2D eigenvalue weighted by atomic mass is 16.6. The molecule has 0 amide bonds. The van der Waals surface area contributed by atoms with Crippen LogP contribution in [-0.4, -0.2) is 47.8 Å². The fraction of sp³-hybridized carbons (Fsp3) is 0.786. The maximum Gasteiger partial charge on any atom is 0.306 e. The van der Waals surface area contributed by atoms with Gasteiger partial charge in [0.15, 0.2) is 0 Å². The Kier molecular flexibility index (Phi) is 6.03. The predicted octanol–water partition coefficient (Wildman–Crippen LogP) is 4.04. The summed E-state index contributed by atoms with van der Waals surface area (Å²) < 4.78 is 23.7. The van der Waals surface area contributed by atoms with Crippen molar-refractivity contribution in [2.75, 3.05) is 0 Å². The second-order valence-corrected chi connectivity index (χ2v) is 12.1. The number of ether oxygens (including phenoxy) is 4.